The van der Waals surface area contributed by atoms with Gasteiger partial charge in [0, 0.05) is 11.9 Å². The standard InChI is InChI=1S/C14H16BrN3/c1-14(2,3)10-4-6-11(7-5-10)18-13-12(15)8-16-9-17-13/h4-9H,1-3H3,(H,16,17,18). The lowest BCUT2D eigenvalue weighted by atomic mass is 9.87. The predicted octanol–water partition coefficient (Wildman–Crippen LogP) is 4.28. The SMILES string of the molecule is CC(C)(C)c1ccc(Nc2ncncc2Br)cc1. The van der Waals surface area contributed by atoms with Gasteiger partial charge in [-0.2, -0.15) is 0 Å². The minimum Gasteiger partial charge on any atom is -0.339 e. The molecule has 0 unspecified atom stereocenters. The van der Waals surface area contributed by atoms with Gasteiger partial charge in [-0.25, -0.2) is 9.97 Å². The van der Waals surface area contributed by atoms with E-state index in [4.69, 9.17) is 0 Å². The van der Waals surface area contributed by atoms with E-state index < -0.39 is 0 Å². The van der Waals surface area contributed by atoms with Crippen LogP contribution in [0.4, 0.5) is 11.5 Å². The highest BCUT2D eigenvalue weighted by Crippen LogP contribution is 2.26. The second-order valence-electron chi connectivity index (χ2n) is 5.17. The number of anilines is 2. The van der Waals surface area contributed by atoms with Gasteiger partial charge in [-0.15, -0.1) is 0 Å². The van der Waals surface area contributed by atoms with Crippen LogP contribution in [0.1, 0.15) is 26.3 Å². The van der Waals surface area contributed by atoms with E-state index in [0.717, 1.165) is 16.0 Å². The van der Waals surface area contributed by atoms with Crippen molar-refractivity contribution in [3.05, 3.63) is 46.8 Å². The lowest BCUT2D eigenvalue weighted by molar-refractivity contribution is 0.590. The van der Waals surface area contributed by atoms with Gasteiger partial charge in [-0.3, -0.25) is 0 Å². The molecule has 0 aliphatic carbocycles. The van der Waals surface area contributed by atoms with Crippen molar-refractivity contribution in [3.8, 4) is 0 Å². The number of nitrogens with zero attached hydrogens (tertiary/aromatic N) is 2. The van der Waals surface area contributed by atoms with Crippen LogP contribution in [0.15, 0.2) is 41.3 Å². The summed E-state index contributed by atoms with van der Waals surface area (Å²) >= 11 is 3.41. The van der Waals surface area contributed by atoms with Crippen molar-refractivity contribution < 1.29 is 0 Å². The molecule has 2 aromatic rings. The number of nitrogens with one attached hydrogen (secondary N) is 1. The molecule has 4 heteroatoms. The molecule has 1 aromatic carbocycles. The van der Waals surface area contributed by atoms with Gasteiger partial charge in [0.25, 0.3) is 0 Å². The highest BCUT2D eigenvalue weighted by atomic mass is 79.9. The quantitative estimate of drug-likeness (QED) is 0.900. The molecule has 0 saturated heterocycles. The van der Waals surface area contributed by atoms with Crippen molar-refractivity contribution in [2.45, 2.75) is 26.2 Å². The average molecular weight is 306 g/mol. The van der Waals surface area contributed by atoms with Crippen LogP contribution in [0.5, 0.6) is 0 Å². The number of benzene rings is 1. The van der Waals surface area contributed by atoms with E-state index in [9.17, 15) is 0 Å². The van der Waals surface area contributed by atoms with Crippen molar-refractivity contribution in [1.29, 1.82) is 0 Å². The predicted molar refractivity (Wildman–Crippen MR) is 78.2 cm³/mol. The summed E-state index contributed by atoms with van der Waals surface area (Å²) in [5.74, 6) is 0.772. The van der Waals surface area contributed by atoms with Crippen LogP contribution in [0.3, 0.4) is 0 Å². The third kappa shape index (κ3) is 3.07. The Morgan fingerprint density at radius 3 is 2.33 bits per heavy atom. The van der Waals surface area contributed by atoms with Gasteiger partial charge < -0.3 is 5.32 Å². The molecular weight excluding hydrogens is 290 g/mol. The van der Waals surface area contributed by atoms with E-state index in [1.54, 1.807) is 6.20 Å². The summed E-state index contributed by atoms with van der Waals surface area (Å²) in [6, 6.07) is 8.40. The molecule has 0 aliphatic heterocycles. The minimum absolute atomic E-state index is 0.175. The number of halogens is 1. The van der Waals surface area contributed by atoms with Gasteiger partial charge in [0.1, 0.15) is 12.1 Å². The summed E-state index contributed by atoms with van der Waals surface area (Å²) in [5, 5.41) is 3.25. The molecule has 0 fully saturated rings. The van der Waals surface area contributed by atoms with Crippen LogP contribution in [-0.2, 0) is 5.41 Å². The molecule has 0 atom stereocenters. The summed E-state index contributed by atoms with van der Waals surface area (Å²) in [6.07, 6.45) is 3.25. The molecule has 0 bridgehead atoms. The summed E-state index contributed by atoms with van der Waals surface area (Å²) < 4.78 is 0.852. The fourth-order valence-corrected chi connectivity index (χ4v) is 1.91. The van der Waals surface area contributed by atoms with E-state index in [1.807, 2.05) is 0 Å². The van der Waals surface area contributed by atoms with Gasteiger partial charge >= 0.3 is 0 Å². The van der Waals surface area contributed by atoms with Crippen molar-refractivity contribution in [3.63, 3.8) is 0 Å². The maximum atomic E-state index is 4.18. The second kappa shape index (κ2) is 5.06. The average Bonchev–Trinajstić information content (AvgIpc) is 2.32. The molecule has 0 radical (unpaired) electrons. The van der Waals surface area contributed by atoms with E-state index in [1.165, 1.54) is 11.9 Å². The van der Waals surface area contributed by atoms with E-state index in [-0.39, 0.29) is 5.41 Å². The first-order valence-corrected chi connectivity index (χ1v) is 6.59. The zero-order valence-electron chi connectivity index (χ0n) is 10.7. The Balaban J connectivity index is 2.19. The molecule has 0 spiro atoms. The summed E-state index contributed by atoms with van der Waals surface area (Å²) in [5.41, 5.74) is 2.51. The first-order valence-electron chi connectivity index (χ1n) is 5.80. The summed E-state index contributed by atoms with van der Waals surface area (Å²) in [7, 11) is 0. The fraction of sp³-hybridized carbons (Fsp3) is 0.286. The molecule has 1 heterocycles. The fourth-order valence-electron chi connectivity index (χ4n) is 1.59. The van der Waals surface area contributed by atoms with E-state index in [0.29, 0.717) is 0 Å². The monoisotopic (exact) mass is 305 g/mol. The Hall–Kier alpha value is -1.42. The lowest BCUT2D eigenvalue weighted by Crippen LogP contribution is -2.10. The topological polar surface area (TPSA) is 37.8 Å². The Morgan fingerprint density at radius 1 is 1.11 bits per heavy atom. The van der Waals surface area contributed by atoms with Crippen LogP contribution >= 0.6 is 15.9 Å². The van der Waals surface area contributed by atoms with Gasteiger partial charge in [0.05, 0.1) is 4.47 Å². The van der Waals surface area contributed by atoms with Gasteiger partial charge in [-0.05, 0) is 39.0 Å². The zero-order chi connectivity index (χ0) is 13.2. The maximum absolute atomic E-state index is 4.18. The zero-order valence-corrected chi connectivity index (χ0v) is 12.3. The molecule has 1 aromatic heterocycles. The molecule has 2 rings (SSSR count). The first-order chi connectivity index (χ1) is 8.47. The van der Waals surface area contributed by atoms with Crippen molar-refractivity contribution in [2.75, 3.05) is 5.32 Å². The van der Waals surface area contributed by atoms with Crippen LogP contribution in [-0.4, -0.2) is 9.97 Å². The van der Waals surface area contributed by atoms with Crippen LogP contribution in [0, 0.1) is 0 Å². The molecular formula is C14H16BrN3. The normalized spacial score (nSPS) is 11.3. The molecule has 0 aliphatic rings. The molecule has 1 N–H and O–H groups in total. The maximum Gasteiger partial charge on any atom is 0.148 e. The molecule has 3 nitrogen and oxygen atoms in total. The summed E-state index contributed by atoms with van der Waals surface area (Å²) in [4.78, 5) is 8.11. The minimum atomic E-state index is 0.175. The third-order valence-corrected chi connectivity index (χ3v) is 3.26. The third-order valence-electron chi connectivity index (χ3n) is 2.68. The second-order valence-corrected chi connectivity index (χ2v) is 6.03. The van der Waals surface area contributed by atoms with Gasteiger partial charge in [0.2, 0.25) is 0 Å². The van der Waals surface area contributed by atoms with Crippen LogP contribution in [0.25, 0.3) is 0 Å². The highest BCUT2D eigenvalue weighted by molar-refractivity contribution is 9.10. The number of aromatic nitrogens is 2. The van der Waals surface area contributed by atoms with E-state index in [2.05, 4.69) is 76.3 Å². The van der Waals surface area contributed by atoms with Crippen LogP contribution in [0.2, 0.25) is 0 Å². The molecule has 18 heavy (non-hydrogen) atoms. The first kappa shape index (κ1) is 13.0. The summed E-state index contributed by atoms with van der Waals surface area (Å²) in [6.45, 7) is 6.61. The Morgan fingerprint density at radius 2 is 1.78 bits per heavy atom. The van der Waals surface area contributed by atoms with Crippen LogP contribution < -0.4 is 5.32 Å². The molecule has 94 valence electrons. The Bertz CT molecular complexity index is 529. The molecule has 0 saturated carbocycles. The number of hydrogen-bond donors (Lipinski definition) is 1. The van der Waals surface area contributed by atoms with Crippen molar-refractivity contribution in [2.24, 2.45) is 0 Å². The number of rotatable bonds is 2. The van der Waals surface area contributed by atoms with Gasteiger partial charge in [-0.1, -0.05) is 32.9 Å². The Kier molecular flexibility index (Phi) is 3.66. The smallest absolute Gasteiger partial charge is 0.148 e. The van der Waals surface area contributed by atoms with Crippen molar-refractivity contribution >= 4 is 27.4 Å². The van der Waals surface area contributed by atoms with Gasteiger partial charge in [0.15, 0.2) is 0 Å². The van der Waals surface area contributed by atoms with Crippen molar-refractivity contribution in [1.82, 2.24) is 9.97 Å². The lowest BCUT2D eigenvalue weighted by Gasteiger charge is -2.19. The molecule has 0 amide bonds. The van der Waals surface area contributed by atoms with E-state index >= 15 is 0 Å². The highest BCUT2D eigenvalue weighted by Gasteiger charge is 2.12. The number of hydrogen-bond acceptors (Lipinski definition) is 3. The largest absolute Gasteiger partial charge is 0.339 e. The Labute approximate surface area is 116 Å².